The van der Waals surface area contributed by atoms with Gasteiger partial charge in [0.05, 0.1) is 17.7 Å². The molecule has 1 unspecified atom stereocenters. The maximum atomic E-state index is 8.85. The van der Waals surface area contributed by atoms with Crippen LogP contribution in [0.5, 0.6) is 0 Å². The molecule has 0 bridgehead atoms. The second-order valence-electron chi connectivity index (χ2n) is 4.33. The van der Waals surface area contributed by atoms with Crippen LogP contribution in [0.1, 0.15) is 35.2 Å². The highest BCUT2D eigenvalue weighted by Gasteiger charge is 2.10. The molecular formula is C15H15BrN2S. The van der Waals surface area contributed by atoms with E-state index in [1.54, 1.807) is 0 Å². The first-order valence-electron chi connectivity index (χ1n) is 6.18. The molecule has 0 amide bonds. The Balaban J connectivity index is 2.14. The van der Waals surface area contributed by atoms with Crippen molar-refractivity contribution >= 4 is 33.0 Å². The maximum absolute atomic E-state index is 8.85. The third kappa shape index (κ3) is 3.37. The Bertz CT molecular complexity index is 613. The van der Waals surface area contributed by atoms with E-state index in [1.807, 2.05) is 29.5 Å². The number of hydrogen-bond donors (Lipinski definition) is 1. The average Bonchev–Trinajstić information content (AvgIpc) is 2.90. The molecule has 0 fully saturated rings. The van der Waals surface area contributed by atoms with Gasteiger partial charge in [0.25, 0.3) is 0 Å². The lowest BCUT2D eigenvalue weighted by Gasteiger charge is -2.15. The minimum absolute atomic E-state index is 0.259. The molecule has 1 aromatic carbocycles. The summed E-state index contributed by atoms with van der Waals surface area (Å²) in [7, 11) is 0. The van der Waals surface area contributed by atoms with Crippen molar-refractivity contribution in [1.82, 2.24) is 0 Å². The molecule has 1 N–H and O–H groups in total. The van der Waals surface area contributed by atoms with E-state index in [0.717, 1.165) is 16.6 Å². The van der Waals surface area contributed by atoms with E-state index in [4.69, 9.17) is 5.26 Å². The zero-order valence-electron chi connectivity index (χ0n) is 10.9. The van der Waals surface area contributed by atoms with Gasteiger partial charge in [0.1, 0.15) is 0 Å². The lowest BCUT2D eigenvalue weighted by atomic mass is 10.2. The molecule has 2 rings (SSSR count). The Morgan fingerprint density at radius 2 is 2.16 bits per heavy atom. The van der Waals surface area contributed by atoms with E-state index < -0.39 is 0 Å². The number of nitrogens with zero attached hydrogens (tertiary/aromatic N) is 1. The van der Waals surface area contributed by atoms with Crippen LogP contribution >= 0.6 is 27.3 Å². The quantitative estimate of drug-likeness (QED) is 0.842. The molecule has 1 atom stereocenters. The summed E-state index contributed by atoms with van der Waals surface area (Å²) in [5.41, 5.74) is 1.67. The van der Waals surface area contributed by atoms with Gasteiger partial charge in [0, 0.05) is 19.9 Å². The van der Waals surface area contributed by atoms with Crippen molar-refractivity contribution in [2.24, 2.45) is 0 Å². The molecule has 4 heteroatoms. The summed E-state index contributed by atoms with van der Waals surface area (Å²) >= 11 is 5.34. The van der Waals surface area contributed by atoms with Gasteiger partial charge in [-0.15, -0.1) is 11.3 Å². The second-order valence-corrected chi connectivity index (χ2v) is 6.38. The van der Waals surface area contributed by atoms with E-state index in [1.165, 1.54) is 9.75 Å². The summed E-state index contributed by atoms with van der Waals surface area (Å²) in [6, 6.07) is 12.4. The number of nitriles is 1. The molecule has 19 heavy (non-hydrogen) atoms. The first-order valence-corrected chi connectivity index (χ1v) is 7.79. The Kier molecular flexibility index (Phi) is 4.62. The predicted octanol–water partition coefficient (Wildman–Crippen LogP) is 5.12. The Hall–Kier alpha value is -1.31. The monoisotopic (exact) mass is 334 g/mol. The molecule has 0 aliphatic rings. The van der Waals surface area contributed by atoms with Gasteiger partial charge in [-0.25, -0.2) is 0 Å². The standard InChI is InChI=1S/C15H15BrN2S/c1-3-12-5-7-15(19-12)10(2)18-14-6-4-11(9-17)8-13(14)16/h4-8,10,18H,3H2,1-2H3. The van der Waals surface area contributed by atoms with Gasteiger partial charge in [-0.3, -0.25) is 0 Å². The van der Waals surface area contributed by atoms with Crippen LogP contribution < -0.4 is 5.32 Å². The molecule has 2 aromatic rings. The van der Waals surface area contributed by atoms with Gasteiger partial charge in [-0.05, 0) is 59.6 Å². The average molecular weight is 335 g/mol. The van der Waals surface area contributed by atoms with Crippen molar-refractivity contribution in [2.45, 2.75) is 26.3 Å². The number of nitrogens with one attached hydrogen (secondary N) is 1. The summed E-state index contributed by atoms with van der Waals surface area (Å²) in [6.07, 6.45) is 1.08. The first-order chi connectivity index (χ1) is 9.13. The summed E-state index contributed by atoms with van der Waals surface area (Å²) in [5, 5.41) is 12.3. The van der Waals surface area contributed by atoms with Gasteiger partial charge in [0.15, 0.2) is 0 Å². The molecule has 0 saturated carbocycles. The van der Waals surface area contributed by atoms with E-state index in [0.29, 0.717) is 5.56 Å². The number of anilines is 1. The molecule has 1 heterocycles. The minimum Gasteiger partial charge on any atom is -0.377 e. The van der Waals surface area contributed by atoms with Crippen molar-refractivity contribution in [3.8, 4) is 6.07 Å². The molecule has 0 radical (unpaired) electrons. The van der Waals surface area contributed by atoms with Crippen LogP contribution in [0.3, 0.4) is 0 Å². The third-order valence-corrected chi connectivity index (χ3v) is 5.00. The Morgan fingerprint density at radius 1 is 1.37 bits per heavy atom. The largest absolute Gasteiger partial charge is 0.377 e. The van der Waals surface area contributed by atoms with Crippen molar-refractivity contribution in [1.29, 1.82) is 5.26 Å². The van der Waals surface area contributed by atoms with Gasteiger partial charge in [-0.2, -0.15) is 5.26 Å². The van der Waals surface area contributed by atoms with Crippen molar-refractivity contribution in [3.05, 3.63) is 50.1 Å². The molecule has 0 spiro atoms. The van der Waals surface area contributed by atoms with Crippen molar-refractivity contribution in [2.75, 3.05) is 5.32 Å². The molecule has 0 aliphatic carbocycles. The first kappa shape index (κ1) is 14.1. The van der Waals surface area contributed by atoms with Crippen LogP contribution in [-0.2, 0) is 6.42 Å². The van der Waals surface area contributed by atoms with Crippen LogP contribution in [0.25, 0.3) is 0 Å². The highest BCUT2D eigenvalue weighted by atomic mass is 79.9. The van der Waals surface area contributed by atoms with E-state index in [-0.39, 0.29) is 6.04 Å². The number of thiophene rings is 1. The number of aryl methyl sites for hydroxylation is 1. The maximum Gasteiger partial charge on any atom is 0.0992 e. The smallest absolute Gasteiger partial charge is 0.0992 e. The van der Waals surface area contributed by atoms with Gasteiger partial charge in [-0.1, -0.05) is 6.92 Å². The van der Waals surface area contributed by atoms with Gasteiger partial charge >= 0.3 is 0 Å². The van der Waals surface area contributed by atoms with Gasteiger partial charge < -0.3 is 5.32 Å². The fourth-order valence-corrected chi connectivity index (χ4v) is 3.27. The SMILES string of the molecule is CCc1ccc(C(C)Nc2ccc(C#N)cc2Br)s1. The molecular weight excluding hydrogens is 320 g/mol. The Morgan fingerprint density at radius 3 is 2.74 bits per heavy atom. The zero-order valence-corrected chi connectivity index (χ0v) is 13.3. The molecule has 98 valence electrons. The topological polar surface area (TPSA) is 35.8 Å². The normalized spacial score (nSPS) is 11.9. The molecule has 1 aromatic heterocycles. The summed E-state index contributed by atoms with van der Waals surface area (Å²) in [5.74, 6) is 0. The number of hydrogen-bond acceptors (Lipinski definition) is 3. The fraction of sp³-hybridized carbons (Fsp3) is 0.267. The number of rotatable bonds is 4. The fourth-order valence-electron chi connectivity index (χ4n) is 1.82. The summed E-state index contributed by atoms with van der Waals surface area (Å²) in [4.78, 5) is 2.73. The lowest BCUT2D eigenvalue weighted by molar-refractivity contribution is 0.907. The second kappa shape index (κ2) is 6.23. The Labute approximate surface area is 126 Å². The molecule has 0 saturated heterocycles. The van der Waals surface area contributed by atoms with Crippen molar-refractivity contribution < 1.29 is 0 Å². The van der Waals surface area contributed by atoms with Crippen LogP contribution in [-0.4, -0.2) is 0 Å². The summed E-state index contributed by atoms with van der Waals surface area (Å²) < 4.78 is 0.922. The lowest BCUT2D eigenvalue weighted by Crippen LogP contribution is -2.05. The highest BCUT2D eigenvalue weighted by Crippen LogP contribution is 2.30. The van der Waals surface area contributed by atoms with E-state index in [9.17, 15) is 0 Å². The molecule has 2 nitrogen and oxygen atoms in total. The number of benzene rings is 1. The van der Waals surface area contributed by atoms with Crippen LogP contribution in [0.4, 0.5) is 5.69 Å². The third-order valence-electron chi connectivity index (χ3n) is 2.93. The summed E-state index contributed by atoms with van der Waals surface area (Å²) in [6.45, 7) is 4.32. The highest BCUT2D eigenvalue weighted by molar-refractivity contribution is 9.10. The van der Waals surface area contributed by atoms with E-state index in [2.05, 4.69) is 53.3 Å². The number of halogens is 1. The van der Waals surface area contributed by atoms with Crippen LogP contribution in [0.15, 0.2) is 34.8 Å². The van der Waals surface area contributed by atoms with Crippen LogP contribution in [0.2, 0.25) is 0 Å². The van der Waals surface area contributed by atoms with Crippen molar-refractivity contribution in [3.63, 3.8) is 0 Å². The minimum atomic E-state index is 0.259. The predicted molar refractivity (Wildman–Crippen MR) is 84.6 cm³/mol. The van der Waals surface area contributed by atoms with E-state index >= 15 is 0 Å². The zero-order chi connectivity index (χ0) is 13.8. The molecule has 0 aliphatic heterocycles. The van der Waals surface area contributed by atoms with Gasteiger partial charge in [0.2, 0.25) is 0 Å². The van der Waals surface area contributed by atoms with Crippen LogP contribution in [0, 0.1) is 11.3 Å².